The molecule has 0 aliphatic heterocycles. The summed E-state index contributed by atoms with van der Waals surface area (Å²) in [6.07, 6.45) is 0.345. The van der Waals surface area contributed by atoms with Gasteiger partial charge in [0.15, 0.2) is 23.0 Å². The van der Waals surface area contributed by atoms with Crippen LogP contribution in [0.25, 0.3) is 0 Å². The zero-order chi connectivity index (χ0) is 21.6. The fraction of sp³-hybridized carbons (Fsp3) is 0.211. The van der Waals surface area contributed by atoms with Gasteiger partial charge in [0.1, 0.15) is 6.04 Å². The molecule has 0 fully saturated rings. The molecule has 0 spiro atoms. The third kappa shape index (κ3) is 5.28. The van der Waals surface area contributed by atoms with Gasteiger partial charge >= 0.3 is 0 Å². The van der Waals surface area contributed by atoms with Crippen LogP contribution in [0.2, 0.25) is 0 Å². The van der Waals surface area contributed by atoms with E-state index in [1.165, 1.54) is 36.4 Å². The number of carbonyl (C=O) groups is 3. The number of amides is 3. The lowest BCUT2D eigenvalue weighted by Crippen LogP contribution is -2.44. The van der Waals surface area contributed by atoms with E-state index in [0.717, 1.165) is 0 Å². The largest absolute Gasteiger partial charge is 0.504 e. The van der Waals surface area contributed by atoms with Crippen LogP contribution in [0.15, 0.2) is 36.4 Å². The number of phenolic OH excluding ortho intramolecular Hbond substituents is 4. The van der Waals surface area contributed by atoms with Crippen molar-refractivity contribution in [3.8, 4) is 23.0 Å². The van der Waals surface area contributed by atoms with E-state index in [-0.39, 0.29) is 30.5 Å². The summed E-state index contributed by atoms with van der Waals surface area (Å²) in [5, 5.41) is 43.2. The first kappa shape index (κ1) is 21.4. The van der Waals surface area contributed by atoms with Crippen LogP contribution in [0.4, 0.5) is 0 Å². The second-order valence-electron chi connectivity index (χ2n) is 6.17. The number of benzene rings is 2. The van der Waals surface area contributed by atoms with Gasteiger partial charge in [0.05, 0.1) is 11.1 Å². The second kappa shape index (κ2) is 9.31. The molecule has 0 heterocycles. The maximum Gasteiger partial charge on any atom is 0.255 e. The molecule has 0 saturated carbocycles. The lowest BCUT2D eigenvalue weighted by atomic mass is 10.1. The Kier molecular flexibility index (Phi) is 6.85. The quantitative estimate of drug-likeness (QED) is 0.244. The Balaban J connectivity index is 1.90. The van der Waals surface area contributed by atoms with Crippen LogP contribution in [-0.2, 0) is 4.79 Å². The first-order valence-electron chi connectivity index (χ1n) is 8.62. The van der Waals surface area contributed by atoms with Crippen molar-refractivity contribution in [3.05, 3.63) is 47.5 Å². The van der Waals surface area contributed by atoms with Crippen molar-refractivity contribution in [1.82, 2.24) is 10.6 Å². The molecule has 8 N–H and O–H groups in total. The van der Waals surface area contributed by atoms with Crippen molar-refractivity contribution in [2.75, 3.05) is 6.54 Å². The van der Waals surface area contributed by atoms with Gasteiger partial charge in [-0.1, -0.05) is 12.1 Å². The Labute approximate surface area is 165 Å². The number of hydrogen-bond acceptors (Lipinski definition) is 7. The Morgan fingerprint density at radius 1 is 0.862 bits per heavy atom. The lowest BCUT2D eigenvalue weighted by Gasteiger charge is -2.16. The normalized spacial score (nSPS) is 11.4. The summed E-state index contributed by atoms with van der Waals surface area (Å²) < 4.78 is 0. The number of primary amides is 1. The molecule has 0 aliphatic rings. The molecule has 2 aromatic carbocycles. The number of hydrogen-bond donors (Lipinski definition) is 7. The number of para-hydroxylation sites is 2. The van der Waals surface area contributed by atoms with E-state index in [0.29, 0.717) is 0 Å². The number of nitrogens with two attached hydrogens (primary N) is 1. The fourth-order valence-corrected chi connectivity index (χ4v) is 2.55. The van der Waals surface area contributed by atoms with Gasteiger partial charge in [-0.25, -0.2) is 0 Å². The Bertz CT molecular complexity index is 930. The molecular weight excluding hydrogens is 382 g/mol. The highest BCUT2D eigenvalue weighted by molar-refractivity contribution is 6.00. The summed E-state index contributed by atoms with van der Waals surface area (Å²) in [6, 6.07) is 6.72. The number of carbonyl (C=O) groups excluding carboxylic acids is 3. The predicted molar refractivity (Wildman–Crippen MR) is 102 cm³/mol. The van der Waals surface area contributed by atoms with Gasteiger partial charge in [0, 0.05) is 6.54 Å². The first-order chi connectivity index (χ1) is 13.7. The maximum absolute atomic E-state index is 12.2. The Morgan fingerprint density at radius 2 is 1.38 bits per heavy atom. The van der Waals surface area contributed by atoms with Crippen LogP contribution in [0.1, 0.15) is 33.6 Å². The number of nitrogens with one attached hydrogen (secondary N) is 2. The predicted octanol–water partition coefficient (Wildman–Crippen LogP) is 0.303. The summed E-state index contributed by atoms with van der Waals surface area (Å²) in [5.41, 5.74) is 4.96. The molecule has 154 valence electrons. The van der Waals surface area contributed by atoms with E-state index in [1.54, 1.807) is 0 Å². The first-order valence-corrected chi connectivity index (χ1v) is 8.62. The van der Waals surface area contributed by atoms with Gasteiger partial charge in [-0.15, -0.1) is 0 Å². The molecular formula is C19H21N3O7. The Hall–Kier alpha value is -3.95. The van der Waals surface area contributed by atoms with Crippen LogP contribution >= 0.6 is 0 Å². The summed E-state index contributed by atoms with van der Waals surface area (Å²) in [7, 11) is 0. The van der Waals surface area contributed by atoms with E-state index in [4.69, 9.17) is 5.73 Å². The monoisotopic (exact) mass is 403 g/mol. The van der Waals surface area contributed by atoms with Crippen LogP contribution in [-0.4, -0.2) is 50.7 Å². The minimum Gasteiger partial charge on any atom is -0.504 e. The fourth-order valence-electron chi connectivity index (χ4n) is 2.55. The van der Waals surface area contributed by atoms with Crippen molar-refractivity contribution in [1.29, 1.82) is 0 Å². The standard InChI is InChI=1S/C19H21N3O7/c20-17(27)12(22-19(29)11-5-2-8-14(24)16(11)26)6-3-9-21-18(28)10-4-1-7-13(23)15(10)25/h1-2,4-5,7-8,12,23-26H,3,6,9H2,(H2,20,27)(H,21,28)(H,22,29)/t12-/m1/s1. The molecule has 10 nitrogen and oxygen atoms in total. The van der Waals surface area contributed by atoms with Crippen molar-refractivity contribution in [3.63, 3.8) is 0 Å². The summed E-state index contributed by atoms with van der Waals surface area (Å²) >= 11 is 0. The number of aromatic hydroxyl groups is 4. The van der Waals surface area contributed by atoms with E-state index >= 15 is 0 Å². The topological polar surface area (TPSA) is 182 Å². The van der Waals surface area contributed by atoms with Gasteiger partial charge in [-0.05, 0) is 37.1 Å². The average molecular weight is 403 g/mol. The van der Waals surface area contributed by atoms with Gasteiger partial charge in [-0.3, -0.25) is 14.4 Å². The third-order valence-corrected chi connectivity index (χ3v) is 4.12. The van der Waals surface area contributed by atoms with Crippen LogP contribution in [0, 0.1) is 0 Å². The summed E-state index contributed by atoms with van der Waals surface area (Å²) in [6.45, 7) is 0.102. The highest BCUT2D eigenvalue weighted by atomic mass is 16.3. The maximum atomic E-state index is 12.2. The van der Waals surface area contributed by atoms with Crippen molar-refractivity contribution in [2.24, 2.45) is 5.73 Å². The van der Waals surface area contributed by atoms with Crippen LogP contribution in [0.5, 0.6) is 23.0 Å². The SMILES string of the molecule is NC(=O)[C@@H](CCCNC(=O)c1cccc(O)c1O)NC(=O)c1cccc(O)c1O. The Morgan fingerprint density at radius 3 is 1.90 bits per heavy atom. The number of phenols is 4. The molecule has 2 aromatic rings. The smallest absolute Gasteiger partial charge is 0.255 e. The molecule has 0 saturated heterocycles. The summed E-state index contributed by atoms with van der Waals surface area (Å²) in [5.74, 6) is -4.30. The zero-order valence-electron chi connectivity index (χ0n) is 15.3. The van der Waals surface area contributed by atoms with E-state index < -0.39 is 46.8 Å². The van der Waals surface area contributed by atoms with E-state index in [9.17, 15) is 34.8 Å². The van der Waals surface area contributed by atoms with Crippen LogP contribution < -0.4 is 16.4 Å². The molecule has 29 heavy (non-hydrogen) atoms. The zero-order valence-corrected chi connectivity index (χ0v) is 15.3. The molecule has 1 atom stereocenters. The molecule has 0 aromatic heterocycles. The average Bonchev–Trinajstić information content (AvgIpc) is 2.67. The second-order valence-corrected chi connectivity index (χ2v) is 6.17. The minimum atomic E-state index is -1.07. The van der Waals surface area contributed by atoms with Crippen molar-refractivity contribution in [2.45, 2.75) is 18.9 Å². The molecule has 10 heteroatoms. The minimum absolute atomic E-state index is 0.0902. The molecule has 0 unspecified atom stereocenters. The third-order valence-electron chi connectivity index (χ3n) is 4.12. The molecule has 0 radical (unpaired) electrons. The highest BCUT2D eigenvalue weighted by Gasteiger charge is 2.21. The lowest BCUT2D eigenvalue weighted by molar-refractivity contribution is -0.120. The van der Waals surface area contributed by atoms with E-state index in [1.807, 2.05) is 0 Å². The molecule has 3 amide bonds. The highest BCUT2D eigenvalue weighted by Crippen LogP contribution is 2.28. The van der Waals surface area contributed by atoms with Crippen molar-refractivity contribution >= 4 is 17.7 Å². The van der Waals surface area contributed by atoms with Gasteiger partial charge in [0.2, 0.25) is 5.91 Å². The number of rotatable bonds is 8. The molecule has 2 rings (SSSR count). The van der Waals surface area contributed by atoms with Crippen molar-refractivity contribution < 1.29 is 34.8 Å². The van der Waals surface area contributed by atoms with Crippen LogP contribution in [0.3, 0.4) is 0 Å². The van der Waals surface area contributed by atoms with E-state index in [2.05, 4.69) is 10.6 Å². The van der Waals surface area contributed by atoms with Gasteiger partial charge in [0.25, 0.3) is 11.8 Å². The summed E-state index contributed by atoms with van der Waals surface area (Å²) in [4.78, 5) is 35.8. The van der Waals surface area contributed by atoms with Gasteiger partial charge in [-0.2, -0.15) is 0 Å². The molecule has 0 aliphatic carbocycles. The van der Waals surface area contributed by atoms with Gasteiger partial charge < -0.3 is 36.8 Å². The molecule has 0 bridgehead atoms.